The van der Waals surface area contributed by atoms with Gasteiger partial charge >= 0.3 is 0 Å². The normalized spacial score (nSPS) is 14.7. The average Bonchev–Trinajstić information content (AvgIpc) is 3.12. The van der Waals surface area contributed by atoms with E-state index < -0.39 is 14.8 Å². The molecule has 216 valence electrons. The van der Waals surface area contributed by atoms with Crippen molar-refractivity contribution in [3.8, 4) is 0 Å². The van der Waals surface area contributed by atoms with Crippen LogP contribution in [0, 0.1) is 0 Å². The summed E-state index contributed by atoms with van der Waals surface area (Å²) in [4.78, 5) is 0. The monoisotopic (exact) mass is 608 g/mol. The van der Waals surface area contributed by atoms with Gasteiger partial charge in [-0.25, -0.2) is 0 Å². The van der Waals surface area contributed by atoms with E-state index in [1.54, 1.807) is 0 Å². The Balaban J connectivity index is 1.37. The molecule has 0 spiro atoms. The second kappa shape index (κ2) is 13.0. The molecular formula is C40H38N2P2+2. The molecule has 0 N–H and O–H groups in total. The Morgan fingerprint density at radius 1 is 0.250 bits per heavy atom. The van der Waals surface area contributed by atoms with Crippen LogP contribution in [0.15, 0.2) is 182 Å². The van der Waals surface area contributed by atoms with Gasteiger partial charge in [0.05, 0.1) is 26.2 Å². The van der Waals surface area contributed by atoms with E-state index in [-0.39, 0.29) is 0 Å². The first-order valence-corrected chi connectivity index (χ1v) is 19.0. The van der Waals surface area contributed by atoms with Crippen LogP contribution >= 0.6 is 14.8 Å². The lowest BCUT2D eigenvalue weighted by Crippen LogP contribution is -2.55. The molecule has 6 aromatic carbocycles. The van der Waals surface area contributed by atoms with E-state index in [2.05, 4.69) is 191 Å². The van der Waals surface area contributed by atoms with Crippen LogP contribution in [-0.2, 0) is 0 Å². The molecule has 1 aliphatic heterocycles. The van der Waals surface area contributed by atoms with Crippen molar-refractivity contribution < 1.29 is 0 Å². The molecule has 7 rings (SSSR count). The minimum atomic E-state index is -2.10. The second-order valence-electron chi connectivity index (χ2n) is 11.2. The third kappa shape index (κ3) is 5.03. The first-order valence-electron chi connectivity index (χ1n) is 15.5. The second-order valence-corrected chi connectivity index (χ2v) is 18.0. The quantitative estimate of drug-likeness (QED) is 0.184. The van der Waals surface area contributed by atoms with Crippen molar-refractivity contribution in [1.29, 1.82) is 0 Å². The summed E-state index contributed by atoms with van der Waals surface area (Å²) < 4.78 is 5.69. The van der Waals surface area contributed by atoms with E-state index in [1.165, 1.54) is 31.8 Å². The van der Waals surface area contributed by atoms with Crippen LogP contribution in [0.25, 0.3) is 0 Å². The summed E-state index contributed by atoms with van der Waals surface area (Å²) in [6.07, 6.45) is 0. The van der Waals surface area contributed by atoms with Gasteiger partial charge < -0.3 is 0 Å². The van der Waals surface area contributed by atoms with Crippen LogP contribution in [0.4, 0.5) is 0 Å². The van der Waals surface area contributed by atoms with Gasteiger partial charge in [-0.1, -0.05) is 109 Å². The summed E-state index contributed by atoms with van der Waals surface area (Å²) in [6, 6.07) is 67.7. The maximum Gasteiger partial charge on any atom is 0.181 e. The fourth-order valence-corrected chi connectivity index (χ4v) is 15.9. The molecule has 0 aliphatic carbocycles. The highest BCUT2D eigenvalue weighted by molar-refractivity contribution is 7.94. The molecule has 44 heavy (non-hydrogen) atoms. The van der Waals surface area contributed by atoms with E-state index in [4.69, 9.17) is 0 Å². The molecule has 1 fully saturated rings. The summed E-state index contributed by atoms with van der Waals surface area (Å²) in [5, 5.41) is 8.51. The Kier molecular flexibility index (Phi) is 8.52. The lowest BCUT2D eigenvalue weighted by atomic mass is 10.4. The van der Waals surface area contributed by atoms with E-state index in [0.717, 1.165) is 26.2 Å². The highest BCUT2D eigenvalue weighted by Gasteiger charge is 2.57. The number of rotatable bonds is 8. The zero-order valence-electron chi connectivity index (χ0n) is 24.9. The lowest BCUT2D eigenvalue weighted by Gasteiger charge is -2.44. The Labute approximate surface area is 263 Å². The molecule has 0 radical (unpaired) electrons. The first-order chi connectivity index (χ1) is 21.8. The van der Waals surface area contributed by atoms with E-state index in [0.29, 0.717) is 0 Å². The van der Waals surface area contributed by atoms with E-state index >= 15 is 0 Å². The molecule has 0 bridgehead atoms. The highest BCUT2D eigenvalue weighted by Crippen LogP contribution is 2.62. The molecule has 4 heteroatoms. The third-order valence-electron chi connectivity index (χ3n) is 8.86. The lowest BCUT2D eigenvalue weighted by molar-refractivity contribution is 0.295. The SMILES string of the molecule is c1ccc([P+](c2ccccc2)(c2ccccc2)N2CCN([P+](c3ccccc3)(c3ccccc3)c3ccccc3)CC2)cc1. The molecule has 2 nitrogen and oxygen atoms in total. The van der Waals surface area contributed by atoms with Gasteiger partial charge in [0.25, 0.3) is 0 Å². The zero-order valence-corrected chi connectivity index (χ0v) is 26.7. The van der Waals surface area contributed by atoms with Crippen molar-refractivity contribution in [1.82, 2.24) is 9.34 Å². The zero-order chi connectivity index (χ0) is 29.7. The van der Waals surface area contributed by atoms with Crippen molar-refractivity contribution in [3.05, 3.63) is 182 Å². The van der Waals surface area contributed by atoms with Gasteiger partial charge in [-0.05, 0) is 72.8 Å². The predicted octanol–water partition coefficient (Wildman–Crippen LogP) is 6.42. The van der Waals surface area contributed by atoms with Crippen molar-refractivity contribution in [2.24, 2.45) is 0 Å². The molecule has 1 saturated heterocycles. The number of nitrogens with zero attached hydrogens (tertiary/aromatic N) is 2. The average molecular weight is 609 g/mol. The van der Waals surface area contributed by atoms with Gasteiger partial charge in [-0.3, -0.25) is 0 Å². The largest absolute Gasteiger partial charge is 0.181 e. The van der Waals surface area contributed by atoms with Crippen LogP contribution in [0.1, 0.15) is 0 Å². The van der Waals surface area contributed by atoms with Gasteiger partial charge in [0.1, 0.15) is 31.8 Å². The summed E-state index contributed by atoms with van der Waals surface area (Å²) in [5.41, 5.74) is 0. The van der Waals surface area contributed by atoms with Crippen LogP contribution in [0.5, 0.6) is 0 Å². The topological polar surface area (TPSA) is 6.48 Å². The third-order valence-corrected chi connectivity index (χ3v) is 17.6. The predicted molar refractivity (Wildman–Crippen MR) is 193 cm³/mol. The molecule has 0 saturated carbocycles. The maximum atomic E-state index is 2.85. The van der Waals surface area contributed by atoms with Crippen LogP contribution in [-0.4, -0.2) is 35.5 Å². The summed E-state index contributed by atoms with van der Waals surface area (Å²) in [5.74, 6) is 0. The molecule has 0 atom stereocenters. The van der Waals surface area contributed by atoms with Gasteiger partial charge in [0, 0.05) is 0 Å². The number of benzene rings is 6. The number of hydrogen-bond donors (Lipinski definition) is 0. The smallest absolute Gasteiger partial charge is 0.163 e. The Hall–Kier alpha value is -3.90. The van der Waals surface area contributed by atoms with Gasteiger partial charge in [0.2, 0.25) is 0 Å². The molecule has 6 aromatic rings. The Morgan fingerprint density at radius 3 is 0.568 bits per heavy atom. The van der Waals surface area contributed by atoms with Crippen molar-refractivity contribution >= 4 is 46.7 Å². The van der Waals surface area contributed by atoms with Crippen molar-refractivity contribution in [2.75, 3.05) is 26.2 Å². The van der Waals surface area contributed by atoms with Gasteiger partial charge in [-0.2, -0.15) is 9.34 Å². The van der Waals surface area contributed by atoms with Crippen molar-refractivity contribution in [2.45, 2.75) is 0 Å². The molecule has 0 unspecified atom stereocenters. The van der Waals surface area contributed by atoms with Crippen molar-refractivity contribution in [3.63, 3.8) is 0 Å². The number of piperazine rings is 1. The van der Waals surface area contributed by atoms with Crippen LogP contribution in [0.3, 0.4) is 0 Å². The minimum Gasteiger partial charge on any atom is -0.163 e. The Morgan fingerprint density at radius 2 is 0.409 bits per heavy atom. The van der Waals surface area contributed by atoms with E-state index in [9.17, 15) is 0 Å². The molecule has 0 aromatic heterocycles. The highest BCUT2D eigenvalue weighted by atomic mass is 31.2. The Bertz CT molecular complexity index is 1410. The summed E-state index contributed by atoms with van der Waals surface area (Å²) in [6.45, 7) is 3.95. The summed E-state index contributed by atoms with van der Waals surface area (Å²) in [7, 11) is -4.21. The van der Waals surface area contributed by atoms with Gasteiger partial charge in [-0.15, -0.1) is 0 Å². The van der Waals surface area contributed by atoms with Crippen LogP contribution in [0.2, 0.25) is 0 Å². The number of hydrogen-bond acceptors (Lipinski definition) is 2. The van der Waals surface area contributed by atoms with E-state index in [1.807, 2.05) is 0 Å². The minimum absolute atomic E-state index is 0.987. The molecule has 1 heterocycles. The fourth-order valence-electron chi connectivity index (χ4n) is 7.02. The first kappa shape index (κ1) is 28.8. The molecule has 1 aliphatic rings. The fraction of sp³-hybridized carbons (Fsp3) is 0.100. The molecular weight excluding hydrogens is 570 g/mol. The molecule has 0 amide bonds. The maximum absolute atomic E-state index is 2.85. The standard InChI is InChI=1S/C40H38N2P2/c1-7-19-35(20-8-1)43(36-21-9-2-10-22-36,37-23-11-3-12-24-37)41-31-33-42(34-32-41)44(38-25-13-4-14-26-38,39-27-15-5-16-28-39)40-29-17-6-18-30-40/h1-30H,31-34H2/q+2. The summed E-state index contributed by atoms with van der Waals surface area (Å²) >= 11 is 0. The van der Waals surface area contributed by atoms with Crippen LogP contribution < -0.4 is 31.8 Å². The van der Waals surface area contributed by atoms with Gasteiger partial charge in [0.15, 0.2) is 14.8 Å².